The van der Waals surface area contributed by atoms with E-state index in [9.17, 15) is 4.79 Å². The molecular weight excluding hydrogens is 478 g/mol. The summed E-state index contributed by atoms with van der Waals surface area (Å²) in [5.41, 5.74) is 2.83. The van der Waals surface area contributed by atoms with Crippen LogP contribution >= 0.6 is 15.9 Å². The van der Waals surface area contributed by atoms with Crippen LogP contribution in [0.5, 0.6) is 11.5 Å². The van der Waals surface area contributed by atoms with E-state index in [-0.39, 0.29) is 0 Å². The minimum Gasteiger partial charge on any atom is -0.490 e. The maximum Gasteiger partial charge on any atom is 0.338 e. The highest BCUT2D eigenvalue weighted by molar-refractivity contribution is 9.10. The predicted molar refractivity (Wildman–Crippen MR) is 120 cm³/mol. The van der Waals surface area contributed by atoms with E-state index >= 15 is 0 Å². The first kappa shape index (κ1) is 21.8. The van der Waals surface area contributed by atoms with Gasteiger partial charge in [-0.2, -0.15) is 4.68 Å². The molecule has 0 fully saturated rings. The van der Waals surface area contributed by atoms with E-state index in [1.165, 1.54) is 7.11 Å². The van der Waals surface area contributed by atoms with Crippen LogP contribution in [-0.4, -0.2) is 39.9 Å². The zero-order chi connectivity index (χ0) is 22.7. The fraction of sp³-hybridized carbons (Fsp3) is 0.273. The van der Waals surface area contributed by atoms with E-state index in [4.69, 9.17) is 14.2 Å². The first-order valence-electron chi connectivity index (χ1n) is 9.99. The van der Waals surface area contributed by atoms with Gasteiger partial charge in [0.2, 0.25) is 5.95 Å². The SMILES string of the molecule is CCOc1cc(C2C(C(=O)OC)=C(C)Nc3nnnn32)ccc1OCc1ccc(Br)cc1. The molecule has 0 bridgehead atoms. The van der Waals surface area contributed by atoms with Crippen LogP contribution in [0.1, 0.15) is 31.0 Å². The van der Waals surface area contributed by atoms with E-state index in [2.05, 4.69) is 36.8 Å². The van der Waals surface area contributed by atoms with Gasteiger partial charge >= 0.3 is 5.97 Å². The van der Waals surface area contributed by atoms with Gasteiger partial charge in [0.05, 0.1) is 19.3 Å². The maximum atomic E-state index is 12.6. The lowest BCUT2D eigenvalue weighted by molar-refractivity contribution is -0.136. The predicted octanol–water partition coefficient (Wildman–Crippen LogP) is 3.88. The highest BCUT2D eigenvalue weighted by Crippen LogP contribution is 2.38. The summed E-state index contributed by atoms with van der Waals surface area (Å²) in [6, 6.07) is 12.9. The molecule has 0 spiro atoms. The summed E-state index contributed by atoms with van der Waals surface area (Å²) >= 11 is 3.43. The Balaban J connectivity index is 1.69. The molecule has 3 aromatic rings. The minimum absolute atomic E-state index is 0.392. The first-order valence-corrected chi connectivity index (χ1v) is 10.8. The summed E-state index contributed by atoms with van der Waals surface area (Å²) in [7, 11) is 1.35. The second-order valence-corrected chi connectivity index (χ2v) is 7.97. The lowest BCUT2D eigenvalue weighted by atomic mass is 9.95. The van der Waals surface area contributed by atoms with Crippen LogP contribution in [0.3, 0.4) is 0 Å². The summed E-state index contributed by atoms with van der Waals surface area (Å²) in [6.45, 7) is 4.54. The van der Waals surface area contributed by atoms with Crippen molar-refractivity contribution in [1.82, 2.24) is 20.2 Å². The largest absolute Gasteiger partial charge is 0.490 e. The van der Waals surface area contributed by atoms with Gasteiger partial charge < -0.3 is 19.5 Å². The molecule has 1 unspecified atom stereocenters. The lowest BCUT2D eigenvalue weighted by Crippen LogP contribution is -2.29. The number of esters is 1. The number of fused-ring (bicyclic) bond motifs is 1. The number of rotatable bonds is 7. The number of tetrazole rings is 1. The van der Waals surface area contributed by atoms with Crippen LogP contribution in [0.15, 0.2) is 58.2 Å². The van der Waals surface area contributed by atoms with E-state index in [1.54, 1.807) is 11.6 Å². The summed E-state index contributed by atoms with van der Waals surface area (Å²) < 4.78 is 19.5. The quantitative estimate of drug-likeness (QED) is 0.488. The van der Waals surface area contributed by atoms with Crippen LogP contribution in [-0.2, 0) is 16.1 Å². The van der Waals surface area contributed by atoms with Crippen LogP contribution in [0.2, 0.25) is 0 Å². The smallest absolute Gasteiger partial charge is 0.338 e. The van der Waals surface area contributed by atoms with Gasteiger partial charge in [0.25, 0.3) is 0 Å². The molecule has 9 nitrogen and oxygen atoms in total. The Morgan fingerprint density at radius 2 is 1.94 bits per heavy atom. The third-order valence-corrected chi connectivity index (χ3v) is 5.54. The van der Waals surface area contributed by atoms with Crippen molar-refractivity contribution in [3.8, 4) is 11.5 Å². The number of carbonyl (C=O) groups is 1. The molecule has 0 radical (unpaired) electrons. The van der Waals surface area contributed by atoms with Crippen molar-refractivity contribution in [1.29, 1.82) is 0 Å². The number of nitrogens with one attached hydrogen (secondary N) is 1. The molecule has 32 heavy (non-hydrogen) atoms. The van der Waals surface area contributed by atoms with Gasteiger partial charge in [-0.15, -0.1) is 0 Å². The average Bonchev–Trinajstić information content (AvgIpc) is 3.26. The van der Waals surface area contributed by atoms with Gasteiger partial charge in [-0.1, -0.05) is 39.2 Å². The molecule has 10 heteroatoms. The average molecular weight is 500 g/mol. The Kier molecular flexibility index (Phi) is 6.40. The zero-order valence-electron chi connectivity index (χ0n) is 17.8. The first-order chi connectivity index (χ1) is 15.5. The molecule has 0 aliphatic carbocycles. The second-order valence-electron chi connectivity index (χ2n) is 7.06. The molecular formula is C22H22BrN5O4. The molecule has 1 N–H and O–H groups in total. The lowest BCUT2D eigenvalue weighted by Gasteiger charge is -2.27. The normalized spacial score (nSPS) is 15.1. The van der Waals surface area contributed by atoms with Crippen molar-refractivity contribution in [3.05, 3.63) is 69.3 Å². The maximum absolute atomic E-state index is 12.6. The van der Waals surface area contributed by atoms with Crippen LogP contribution in [0, 0.1) is 0 Å². The zero-order valence-corrected chi connectivity index (χ0v) is 19.4. The second kappa shape index (κ2) is 9.39. The molecule has 4 rings (SSSR count). The monoisotopic (exact) mass is 499 g/mol. The van der Waals surface area contributed by atoms with Gasteiger partial charge in [-0.25, -0.2) is 4.79 Å². The summed E-state index contributed by atoms with van der Waals surface area (Å²) in [5.74, 6) is 1.14. The Morgan fingerprint density at radius 1 is 1.16 bits per heavy atom. The van der Waals surface area contributed by atoms with Crippen LogP contribution in [0.4, 0.5) is 5.95 Å². The number of halogens is 1. The number of anilines is 1. The van der Waals surface area contributed by atoms with Gasteiger partial charge in [-0.3, -0.25) is 0 Å². The van der Waals surface area contributed by atoms with Crippen molar-refractivity contribution in [2.24, 2.45) is 0 Å². The highest BCUT2D eigenvalue weighted by Gasteiger charge is 2.35. The molecule has 2 aromatic carbocycles. The van der Waals surface area contributed by atoms with E-state index < -0.39 is 12.0 Å². The molecule has 1 aliphatic heterocycles. The summed E-state index contributed by atoms with van der Waals surface area (Å²) in [5, 5.41) is 14.9. The van der Waals surface area contributed by atoms with E-state index in [0.29, 0.717) is 41.9 Å². The Hall–Kier alpha value is -3.40. The Morgan fingerprint density at radius 3 is 2.66 bits per heavy atom. The fourth-order valence-corrected chi connectivity index (χ4v) is 3.78. The molecule has 1 aromatic heterocycles. The molecule has 2 heterocycles. The molecule has 0 saturated carbocycles. The number of nitrogens with zero attached hydrogens (tertiary/aromatic N) is 4. The number of ether oxygens (including phenoxy) is 3. The number of benzene rings is 2. The van der Waals surface area contributed by atoms with Gasteiger partial charge in [-0.05, 0) is 59.7 Å². The van der Waals surface area contributed by atoms with E-state index in [0.717, 1.165) is 15.6 Å². The van der Waals surface area contributed by atoms with Gasteiger partial charge in [0, 0.05) is 10.2 Å². The van der Waals surface area contributed by atoms with Gasteiger partial charge in [0.15, 0.2) is 11.5 Å². The minimum atomic E-state index is -0.576. The Labute approximate surface area is 193 Å². The molecule has 1 aliphatic rings. The summed E-state index contributed by atoms with van der Waals surface area (Å²) in [4.78, 5) is 12.6. The van der Waals surface area contributed by atoms with Crippen molar-refractivity contribution in [3.63, 3.8) is 0 Å². The standard InChI is InChI=1S/C22H22BrN5O4/c1-4-31-18-11-15(7-10-17(18)32-12-14-5-8-16(23)9-6-14)20-19(21(29)30-3)13(2)24-22-25-26-27-28(20)22/h5-11,20H,4,12H2,1-3H3,(H,24,25,27). The number of allylic oxidation sites excluding steroid dienone is 1. The number of hydrogen-bond donors (Lipinski definition) is 1. The number of methoxy groups -OCH3 is 1. The molecule has 0 saturated heterocycles. The third kappa shape index (κ3) is 4.31. The van der Waals surface area contributed by atoms with Crippen molar-refractivity contribution < 1.29 is 19.0 Å². The number of carbonyl (C=O) groups excluding carboxylic acids is 1. The van der Waals surface area contributed by atoms with Crippen LogP contribution in [0.25, 0.3) is 0 Å². The topological polar surface area (TPSA) is 100 Å². The fourth-order valence-electron chi connectivity index (χ4n) is 3.52. The van der Waals surface area contributed by atoms with E-state index in [1.807, 2.05) is 49.4 Å². The molecule has 0 amide bonds. The molecule has 166 valence electrons. The molecule has 1 atom stereocenters. The van der Waals surface area contributed by atoms with Crippen LogP contribution < -0.4 is 14.8 Å². The number of hydrogen-bond acceptors (Lipinski definition) is 8. The van der Waals surface area contributed by atoms with Crippen molar-refractivity contribution in [2.75, 3.05) is 19.0 Å². The summed E-state index contributed by atoms with van der Waals surface area (Å²) in [6.07, 6.45) is 0. The highest BCUT2D eigenvalue weighted by atomic mass is 79.9. The van der Waals surface area contributed by atoms with Gasteiger partial charge in [0.1, 0.15) is 12.6 Å². The van der Waals surface area contributed by atoms with Crippen molar-refractivity contribution >= 4 is 27.8 Å². The van der Waals surface area contributed by atoms with Crippen molar-refractivity contribution in [2.45, 2.75) is 26.5 Å². The number of aromatic nitrogens is 4. The Bertz CT molecular complexity index is 1160. The third-order valence-electron chi connectivity index (χ3n) is 5.01.